The third kappa shape index (κ3) is 5.83. The topological polar surface area (TPSA) is 124 Å². The van der Waals surface area contributed by atoms with Crippen molar-refractivity contribution in [2.75, 3.05) is 11.9 Å². The number of aromatic nitrogens is 3. The molecule has 4 rings (SSSR count). The van der Waals surface area contributed by atoms with E-state index in [0.29, 0.717) is 41.8 Å². The molecule has 35 heavy (non-hydrogen) atoms. The van der Waals surface area contributed by atoms with Gasteiger partial charge in [-0.05, 0) is 36.2 Å². The van der Waals surface area contributed by atoms with E-state index < -0.39 is 6.17 Å². The first-order valence-corrected chi connectivity index (χ1v) is 11.3. The minimum atomic E-state index is -0.579. The van der Waals surface area contributed by atoms with Crippen molar-refractivity contribution in [2.24, 2.45) is 0 Å². The number of carbonyl (C=O) groups is 2. The first kappa shape index (κ1) is 23.9. The Balaban J connectivity index is 1.49. The third-order valence-electron chi connectivity index (χ3n) is 5.25. The maximum atomic E-state index is 13.2. The number of anilines is 1. The quantitative estimate of drug-likeness (QED) is 0.497. The van der Waals surface area contributed by atoms with Crippen LogP contribution in [0.1, 0.15) is 31.2 Å². The summed E-state index contributed by atoms with van der Waals surface area (Å²) in [5, 5.41) is 12.6. The van der Waals surface area contributed by atoms with Crippen LogP contribution in [-0.2, 0) is 11.3 Å². The molecule has 0 bridgehead atoms. The van der Waals surface area contributed by atoms with Gasteiger partial charge in [-0.2, -0.15) is 5.26 Å². The van der Waals surface area contributed by atoms with E-state index in [2.05, 4.69) is 20.3 Å². The fraction of sp³-hybridized carbons (Fsp3) is 0.250. The predicted molar refractivity (Wildman–Crippen MR) is 127 cm³/mol. The maximum Gasteiger partial charge on any atom is 0.328 e. The third-order valence-corrected chi connectivity index (χ3v) is 5.50. The highest BCUT2D eigenvalue weighted by molar-refractivity contribution is 6.30. The molecule has 1 unspecified atom stereocenters. The molecule has 2 aromatic heterocycles. The zero-order chi connectivity index (χ0) is 24.8. The molecular weight excluding hydrogens is 470 g/mol. The Kier molecular flexibility index (Phi) is 7.38. The van der Waals surface area contributed by atoms with Crippen LogP contribution in [0, 0.1) is 11.3 Å². The number of nitrogens with one attached hydrogen (secondary N) is 1. The van der Waals surface area contributed by atoms with Crippen LogP contribution >= 0.6 is 11.6 Å². The molecule has 1 aliphatic rings. The minimum absolute atomic E-state index is 0.0484. The Morgan fingerprint density at radius 1 is 1.09 bits per heavy atom. The Labute approximate surface area is 207 Å². The first-order valence-electron chi connectivity index (χ1n) is 10.9. The van der Waals surface area contributed by atoms with Gasteiger partial charge in [-0.1, -0.05) is 30.7 Å². The number of hydrogen-bond donors (Lipinski definition) is 1. The zero-order valence-corrected chi connectivity index (χ0v) is 19.6. The zero-order valence-electron chi connectivity index (χ0n) is 18.9. The number of carbonyl (C=O) groups excluding carboxylic acids is 2. The largest absolute Gasteiger partial charge is 0.452 e. The molecule has 1 N–H and O–H groups in total. The van der Waals surface area contributed by atoms with E-state index in [9.17, 15) is 9.59 Å². The molecular formula is C24H22ClN7O3. The summed E-state index contributed by atoms with van der Waals surface area (Å²) in [6, 6.07) is 12.1. The van der Waals surface area contributed by atoms with Crippen molar-refractivity contribution in [3.8, 4) is 17.6 Å². The minimum Gasteiger partial charge on any atom is -0.452 e. The van der Waals surface area contributed by atoms with E-state index in [0.717, 1.165) is 5.56 Å². The molecule has 178 valence electrons. The summed E-state index contributed by atoms with van der Waals surface area (Å²) in [5.41, 5.74) is 0.890. The number of ether oxygens (including phenoxy) is 1. The lowest BCUT2D eigenvalue weighted by Crippen LogP contribution is -2.59. The summed E-state index contributed by atoms with van der Waals surface area (Å²) in [4.78, 5) is 40.9. The average Bonchev–Trinajstić information content (AvgIpc) is 2.87. The Hall–Kier alpha value is -4.23. The highest BCUT2D eigenvalue weighted by Gasteiger charge is 2.38. The summed E-state index contributed by atoms with van der Waals surface area (Å²) >= 11 is 6.00. The number of rotatable bonds is 8. The van der Waals surface area contributed by atoms with Crippen LogP contribution in [0.4, 0.5) is 10.6 Å². The van der Waals surface area contributed by atoms with Gasteiger partial charge in [0.1, 0.15) is 23.8 Å². The standard InChI is InChI=1S/C24H22ClN7O3/c1-2-9-31-23(33)10-22(32(24(31)34)15-16-3-5-17(25)6-4-16)30-20-8-7-18(12-27-20)35-19-13-28-21(11-26)29-14-19/h3-8,12-14,22H,2,9-10,15H2,1H3,(H,27,30). The van der Waals surface area contributed by atoms with Crippen LogP contribution in [-0.4, -0.2) is 49.4 Å². The second kappa shape index (κ2) is 10.8. The number of nitriles is 1. The fourth-order valence-corrected chi connectivity index (χ4v) is 3.70. The average molecular weight is 492 g/mol. The number of amides is 3. The van der Waals surface area contributed by atoms with E-state index in [1.807, 2.05) is 25.1 Å². The lowest BCUT2D eigenvalue weighted by molar-refractivity contribution is -0.132. The molecule has 11 heteroatoms. The number of nitrogens with zero attached hydrogens (tertiary/aromatic N) is 6. The molecule has 0 saturated carbocycles. The first-order chi connectivity index (χ1) is 17.0. The molecule has 1 atom stereocenters. The van der Waals surface area contributed by atoms with E-state index in [1.165, 1.54) is 23.5 Å². The van der Waals surface area contributed by atoms with Gasteiger partial charge < -0.3 is 10.1 Å². The number of urea groups is 1. The maximum absolute atomic E-state index is 13.2. The van der Waals surface area contributed by atoms with Gasteiger partial charge in [0, 0.05) is 18.1 Å². The Morgan fingerprint density at radius 2 is 1.80 bits per heavy atom. The van der Waals surface area contributed by atoms with Crippen molar-refractivity contribution in [3.05, 3.63) is 71.4 Å². The highest BCUT2D eigenvalue weighted by atomic mass is 35.5. The van der Waals surface area contributed by atoms with Gasteiger partial charge in [0.15, 0.2) is 5.75 Å². The molecule has 3 heterocycles. The number of halogens is 1. The van der Waals surface area contributed by atoms with Crippen molar-refractivity contribution in [3.63, 3.8) is 0 Å². The molecule has 3 amide bonds. The van der Waals surface area contributed by atoms with Gasteiger partial charge in [-0.25, -0.2) is 19.7 Å². The van der Waals surface area contributed by atoms with E-state index in [-0.39, 0.29) is 24.2 Å². The molecule has 0 aliphatic carbocycles. The van der Waals surface area contributed by atoms with Gasteiger partial charge in [0.05, 0.1) is 25.0 Å². The smallest absolute Gasteiger partial charge is 0.328 e. The number of benzene rings is 1. The van der Waals surface area contributed by atoms with Gasteiger partial charge in [-0.15, -0.1) is 0 Å². The summed E-state index contributed by atoms with van der Waals surface area (Å²) in [7, 11) is 0. The van der Waals surface area contributed by atoms with Crippen LogP contribution in [0.25, 0.3) is 0 Å². The fourth-order valence-electron chi connectivity index (χ4n) is 3.58. The van der Waals surface area contributed by atoms with Crippen LogP contribution < -0.4 is 10.1 Å². The van der Waals surface area contributed by atoms with Crippen LogP contribution in [0.3, 0.4) is 0 Å². The van der Waals surface area contributed by atoms with Crippen LogP contribution in [0.5, 0.6) is 11.5 Å². The second-order valence-electron chi connectivity index (χ2n) is 7.78. The summed E-state index contributed by atoms with van der Waals surface area (Å²) in [6.45, 7) is 2.60. The van der Waals surface area contributed by atoms with Gasteiger partial charge >= 0.3 is 6.03 Å². The molecule has 1 aliphatic heterocycles. The molecule has 10 nitrogen and oxygen atoms in total. The van der Waals surface area contributed by atoms with Crippen molar-refractivity contribution in [1.29, 1.82) is 5.26 Å². The van der Waals surface area contributed by atoms with Crippen molar-refractivity contribution in [1.82, 2.24) is 24.8 Å². The van der Waals surface area contributed by atoms with Crippen LogP contribution in [0.2, 0.25) is 5.02 Å². The Morgan fingerprint density at radius 3 is 2.43 bits per heavy atom. The molecule has 1 fully saturated rings. The number of hydrogen-bond acceptors (Lipinski definition) is 8. The number of imide groups is 1. The normalized spacial score (nSPS) is 15.6. The number of pyridine rings is 1. The Bertz CT molecular complexity index is 1230. The molecule has 0 spiro atoms. The molecule has 0 radical (unpaired) electrons. The highest BCUT2D eigenvalue weighted by Crippen LogP contribution is 2.25. The summed E-state index contributed by atoms with van der Waals surface area (Å²) in [5.74, 6) is 1.09. The van der Waals surface area contributed by atoms with Crippen molar-refractivity contribution < 1.29 is 14.3 Å². The van der Waals surface area contributed by atoms with E-state index in [4.69, 9.17) is 21.6 Å². The van der Waals surface area contributed by atoms with Gasteiger partial charge in [0.25, 0.3) is 0 Å². The molecule has 1 aromatic carbocycles. The monoisotopic (exact) mass is 491 g/mol. The molecule has 1 saturated heterocycles. The summed E-state index contributed by atoms with van der Waals surface area (Å²) < 4.78 is 5.65. The predicted octanol–water partition coefficient (Wildman–Crippen LogP) is 4.19. The van der Waals surface area contributed by atoms with Crippen LogP contribution in [0.15, 0.2) is 55.0 Å². The second-order valence-corrected chi connectivity index (χ2v) is 8.22. The lowest BCUT2D eigenvalue weighted by Gasteiger charge is -2.40. The van der Waals surface area contributed by atoms with Crippen molar-refractivity contribution in [2.45, 2.75) is 32.5 Å². The summed E-state index contributed by atoms with van der Waals surface area (Å²) in [6.07, 6.45) is 4.51. The lowest BCUT2D eigenvalue weighted by atomic mass is 10.1. The van der Waals surface area contributed by atoms with E-state index >= 15 is 0 Å². The van der Waals surface area contributed by atoms with Gasteiger partial charge in [0.2, 0.25) is 11.7 Å². The molecule has 3 aromatic rings. The SMILES string of the molecule is CCCN1C(=O)CC(Nc2ccc(Oc3cnc(C#N)nc3)cn2)N(Cc2ccc(Cl)cc2)C1=O. The van der Waals surface area contributed by atoms with Gasteiger partial charge in [-0.3, -0.25) is 14.6 Å². The van der Waals surface area contributed by atoms with E-state index in [1.54, 1.807) is 29.2 Å². The van der Waals surface area contributed by atoms with Crippen molar-refractivity contribution >= 4 is 29.4 Å².